The Morgan fingerprint density at radius 2 is 2.00 bits per heavy atom. The monoisotopic (exact) mass is 229 g/mol. The predicted octanol–water partition coefficient (Wildman–Crippen LogP) is 2.04. The molecule has 1 atom stereocenters. The van der Waals surface area contributed by atoms with Crippen LogP contribution in [-0.2, 0) is 4.74 Å². The van der Waals surface area contributed by atoms with Crippen molar-refractivity contribution in [3.8, 4) is 0 Å². The Balaban J connectivity index is 2.22. The molecule has 0 radical (unpaired) electrons. The predicted molar refractivity (Wildman–Crippen MR) is 66.6 cm³/mol. The molecule has 1 saturated carbocycles. The molecule has 96 valence electrons. The lowest BCUT2D eigenvalue weighted by Gasteiger charge is -2.27. The van der Waals surface area contributed by atoms with Gasteiger partial charge in [0.2, 0.25) is 0 Å². The van der Waals surface area contributed by atoms with Crippen LogP contribution in [-0.4, -0.2) is 47.4 Å². The molecule has 0 aromatic carbocycles. The van der Waals surface area contributed by atoms with E-state index in [0.29, 0.717) is 6.61 Å². The van der Waals surface area contributed by atoms with E-state index >= 15 is 0 Å². The molecular formula is C13H27NO2. The standard InChI is InChI=1S/C13H27NO2/c1-5-8-14(11-6-7-11)9-12(15)10-16-13(2,3)4/h11-12,15H,5-10H2,1-4H3. The maximum Gasteiger partial charge on any atom is 0.0900 e. The first-order chi connectivity index (χ1) is 7.42. The number of aliphatic hydroxyl groups is 1. The summed E-state index contributed by atoms with van der Waals surface area (Å²) in [5.41, 5.74) is -0.157. The fourth-order valence-corrected chi connectivity index (χ4v) is 1.82. The molecule has 1 fully saturated rings. The van der Waals surface area contributed by atoms with Crippen molar-refractivity contribution in [2.45, 2.75) is 64.7 Å². The Morgan fingerprint density at radius 3 is 2.44 bits per heavy atom. The van der Waals surface area contributed by atoms with Crippen LogP contribution in [0.1, 0.15) is 47.0 Å². The highest BCUT2D eigenvalue weighted by atomic mass is 16.5. The summed E-state index contributed by atoms with van der Waals surface area (Å²) in [5.74, 6) is 0. The minimum atomic E-state index is -0.355. The fourth-order valence-electron chi connectivity index (χ4n) is 1.82. The summed E-state index contributed by atoms with van der Waals surface area (Å²) >= 11 is 0. The van der Waals surface area contributed by atoms with Gasteiger partial charge in [0, 0.05) is 12.6 Å². The summed E-state index contributed by atoms with van der Waals surface area (Å²) in [4.78, 5) is 2.40. The van der Waals surface area contributed by atoms with E-state index in [-0.39, 0.29) is 11.7 Å². The second-order valence-corrected chi connectivity index (χ2v) is 5.80. The van der Waals surface area contributed by atoms with Crippen LogP contribution < -0.4 is 0 Å². The van der Waals surface area contributed by atoms with Crippen molar-refractivity contribution in [1.29, 1.82) is 0 Å². The van der Waals surface area contributed by atoms with Gasteiger partial charge in [-0.05, 0) is 46.6 Å². The van der Waals surface area contributed by atoms with Crippen LogP contribution in [0, 0.1) is 0 Å². The van der Waals surface area contributed by atoms with Crippen molar-refractivity contribution in [3.63, 3.8) is 0 Å². The van der Waals surface area contributed by atoms with Crippen LogP contribution >= 0.6 is 0 Å². The molecule has 0 bridgehead atoms. The lowest BCUT2D eigenvalue weighted by Crippen LogP contribution is -2.38. The molecule has 0 spiro atoms. The second kappa shape index (κ2) is 5.99. The number of rotatable bonds is 7. The third-order valence-corrected chi connectivity index (χ3v) is 2.73. The molecule has 1 unspecified atom stereocenters. The summed E-state index contributed by atoms with van der Waals surface area (Å²) in [6, 6.07) is 0.726. The van der Waals surface area contributed by atoms with Crippen molar-refractivity contribution in [1.82, 2.24) is 4.90 Å². The number of nitrogens with zero attached hydrogens (tertiary/aromatic N) is 1. The minimum Gasteiger partial charge on any atom is -0.389 e. The van der Waals surface area contributed by atoms with Crippen LogP contribution in [0.3, 0.4) is 0 Å². The maximum absolute atomic E-state index is 9.92. The molecule has 3 heteroatoms. The first-order valence-electron chi connectivity index (χ1n) is 6.48. The Kier molecular flexibility index (Phi) is 5.22. The van der Waals surface area contributed by atoms with Crippen molar-refractivity contribution in [3.05, 3.63) is 0 Å². The van der Waals surface area contributed by atoms with E-state index in [0.717, 1.165) is 25.6 Å². The van der Waals surface area contributed by atoms with Gasteiger partial charge in [0.1, 0.15) is 0 Å². The molecule has 3 nitrogen and oxygen atoms in total. The zero-order valence-electron chi connectivity index (χ0n) is 11.2. The molecule has 0 saturated heterocycles. The van der Waals surface area contributed by atoms with Gasteiger partial charge in [0.15, 0.2) is 0 Å². The van der Waals surface area contributed by atoms with E-state index in [1.54, 1.807) is 0 Å². The van der Waals surface area contributed by atoms with Gasteiger partial charge < -0.3 is 9.84 Å². The first kappa shape index (κ1) is 13.9. The SMILES string of the molecule is CCCN(CC(O)COC(C)(C)C)C1CC1. The quantitative estimate of drug-likeness (QED) is 0.725. The maximum atomic E-state index is 9.92. The Morgan fingerprint density at radius 1 is 1.38 bits per heavy atom. The largest absolute Gasteiger partial charge is 0.389 e. The van der Waals surface area contributed by atoms with Gasteiger partial charge in [-0.1, -0.05) is 6.92 Å². The van der Waals surface area contributed by atoms with E-state index < -0.39 is 0 Å². The Bertz CT molecular complexity index is 197. The highest BCUT2D eigenvalue weighted by Gasteiger charge is 2.29. The molecule has 1 rings (SSSR count). The molecule has 1 aliphatic rings. The molecule has 0 aromatic heterocycles. The molecule has 1 N–H and O–H groups in total. The fraction of sp³-hybridized carbons (Fsp3) is 1.00. The molecular weight excluding hydrogens is 202 g/mol. The van der Waals surface area contributed by atoms with Crippen molar-refractivity contribution >= 4 is 0 Å². The number of ether oxygens (including phenoxy) is 1. The Labute approximate surface area is 99.8 Å². The number of hydrogen-bond acceptors (Lipinski definition) is 3. The minimum absolute atomic E-state index is 0.157. The highest BCUT2D eigenvalue weighted by molar-refractivity contribution is 4.85. The Hall–Kier alpha value is -0.120. The van der Waals surface area contributed by atoms with E-state index in [2.05, 4.69) is 11.8 Å². The molecule has 16 heavy (non-hydrogen) atoms. The van der Waals surface area contributed by atoms with Gasteiger partial charge in [0.25, 0.3) is 0 Å². The van der Waals surface area contributed by atoms with E-state index in [9.17, 15) is 5.11 Å². The average molecular weight is 229 g/mol. The summed E-state index contributed by atoms with van der Waals surface area (Å²) in [5, 5.41) is 9.92. The number of hydrogen-bond donors (Lipinski definition) is 1. The van der Waals surface area contributed by atoms with Gasteiger partial charge in [-0.15, -0.1) is 0 Å². The van der Waals surface area contributed by atoms with Gasteiger partial charge in [-0.2, -0.15) is 0 Å². The van der Waals surface area contributed by atoms with Crippen LogP contribution in [0.4, 0.5) is 0 Å². The molecule has 0 amide bonds. The topological polar surface area (TPSA) is 32.7 Å². The smallest absolute Gasteiger partial charge is 0.0900 e. The van der Waals surface area contributed by atoms with Crippen molar-refractivity contribution in [2.75, 3.05) is 19.7 Å². The van der Waals surface area contributed by atoms with E-state index in [1.807, 2.05) is 20.8 Å². The summed E-state index contributed by atoms with van der Waals surface area (Å²) in [6.07, 6.45) is 3.40. The van der Waals surface area contributed by atoms with E-state index in [1.165, 1.54) is 12.8 Å². The molecule has 0 aliphatic heterocycles. The normalized spacial score (nSPS) is 19.1. The van der Waals surface area contributed by atoms with Crippen LogP contribution in [0.25, 0.3) is 0 Å². The highest BCUT2D eigenvalue weighted by Crippen LogP contribution is 2.27. The molecule has 1 aliphatic carbocycles. The lowest BCUT2D eigenvalue weighted by molar-refractivity contribution is -0.0566. The zero-order valence-corrected chi connectivity index (χ0v) is 11.2. The van der Waals surface area contributed by atoms with Gasteiger partial charge in [0.05, 0.1) is 18.3 Å². The van der Waals surface area contributed by atoms with Gasteiger partial charge >= 0.3 is 0 Å². The average Bonchev–Trinajstić information content (AvgIpc) is 2.96. The van der Waals surface area contributed by atoms with Crippen LogP contribution in [0.15, 0.2) is 0 Å². The zero-order chi connectivity index (χ0) is 12.2. The summed E-state index contributed by atoms with van der Waals surface area (Å²) < 4.78 is 5.59. The third kappa shape index (κ3) is 5.83. The van der Waals surface area contributed by atoms with Gasteiger partial charge in [-0.3, -0.25) is 4.90 Å². The summed E-state index contributed by atoms with van der Waals surface area (Å²) in [7, 11) is 0. The first-order valence-corrected chi connectivity index (χ1v) is 6.48. The van der Waals surface area contributed by atoms with E-state index in [4.69, 9.17) is 4.74 Å². The van der Waals surface area contributed by atoms with Gasteiger partial charge in [-0.25, -0.2) is 0 Å². The number of aliphatic hydroxyl groups excluding tert-OH is 1. The molecule has 0 aromatic rings. The summed E-state index contributed by atoms with van der Waals surface area (Å²) in [6.45, 7) is 10.5. The second-order valence-electron chi connectivity index (χ2n) is 5.80. The van der Waals surface area contributed by atoms with Crippen molar-refractivity contribution in [2.24, 2.45) is 0 Å². The molecule has 0 heterocycles. The third-order valence-electron chi connectivity index (χ3n) is 2.73. The van der Waals surface area contributed by atoms with Crippen LogP contribution in [0.2, 0.25) is 0 Å². The van der Waals surface area contributed by atoms with Crippen molar-refractivity contribution < 1.29 is 9.84 Å². The lowest BCUT2D eigenvalue weighted by atomic mass is 10.2. The van der Waals surface area contributed by atoms with Crippen LogP contribution in [0.5, 0.6) is 0 Å².